The maximum absolute atomic E-state index is 10.7. The van der Waals surface area contributed by atoms with E-state index in [9.17, 15) is 4.79 Å². The molecule has 0 aliphatic heterocycles. The van der Waals surface area contributed by atoms with Gasteiger partial charge in [-0.25, -0.2) is 0 Å². The minimum Gasteiger partial charge on any atom is -0.378 e. The minimum atomic E-state index is 0.293. The SMILES string of the molecule is CC(=O)CCCCOC1CCCC(C)C1. The second-order valence-corrected chi connectivity index (χ2v) is 4.92. The molecule has 15 heavy (non-hydrogen) atoms. The van der Waals surface area contributed by atoms with E-state index in [1.807, 2.05) is 0 Å². The number of carbonyl (C=O) groups excluding carboxylic acids is 1. The summed E-state index contributed by atoms with van der Waals surface area (Å²) in [6, 6.07) is 0. The number of rotatable bonds is 6. The van der Waals surface area contributed by atoms with Crippen molar-refractivity contribution in [3.05, 3.63) is 0 Å². The van der Waals surface area contributed by atoms with Crippen LogP contribution in [0.4, 0.5) is 0 Å². The van der Waals surface area contributed by atoms with Crippen LogP contribution in [0.2, 0.25) is 0 Å². The molecule has 1 rings (SSSR count). The van der Waals surface area contributed by atoms with Crippen molar-refractivity contribution in [2.24, 2.45) is 5.92 Å². The zero-order chi connectivity index (χ0) is 11.1. The number of hydrogen-bond donors (Lipinski definition) is 0. The lowest BCUT2D eigenvalue weighted by Crippen LogP contribution is -2.21. The molecule has 88 valence electrons. The average molecular weight is 212 g/mol. The Kier molecular flexibility index (Phi) is 5.92. The van der Waals surface area contributed by atoms with Crippen LogP contribution < -0.4 is 0 Å². The fourth-order valence-electron chi connectivity index (χ4n) is 2.26. The minimum absolute atomic E-state index is 0.293. The third-order valence-electron chi connectivity index (χ3n) is 3.17. The Labute approximate surface area is 93.4 Å². The fourth-order valence-corrected chi connectivity index (χ4v) is 2.26. The molecule has 0 aromatic rings. The Morgan fingerprint density at radius 3 is 2.80 bits per heavy atom. The van der Waals surface area contributed by atoms with Crippen LogP contribution in [0.1, 0.15) is 58.8 Å². The van der Waals surface area contributed by atoms with Crippen LogP contribution in [0.5, 0.6) is 0 Å². The zero-order valence-electron chi connectivity index (χ0n) is 10.1. The molecule has 0 aromatic carbocycles. The first kappa shape index (κ1) is 12.7. The van der Waals surface area contributed by atoms with Crippen LogP contribution in [0.15, 0.2) is 0 Å². The first-order valence-electron chi connectivity index (χ1n) is 6.29. The molecule has 0 radical (unpaired) electrons. The van der Waals surface area contributed by atoms with Gasteiger partial charge in [0.15, 0.2) is 0 Å². The van der Waals surface area contributed by atoms with Gasteiger partial charge < -0.3 is 9.53 Å². The van der Waals surface area contributed by atoms with Crippen LogP contribution in [0.25, 0.3) is 0 Å². The smallest absolute Gasteiger partial charge is 0.129 e. The second-order valence-electron chi connectivity index (χ2n) is 4.92. The second kappa shape index (κ2) is 7.00. The normalized spacial score (nSPS) is 26.5. The quantitative estimate of drug-likeness (QED) is 0.631. The van der Waals surface area contributed by atoms with Gasteiger partial charge in [-0.3, -0.25) is 0 Å². The van der Waals surface area contributed by atoms with Crippen LogP contribution in [0, 0.1) is 5.92 Å². The average Bonchev–Trinajstić information content (AvgIpc) is 2.17. The molecule has 1 aliphatic carbocycles. The summed E-state index contributed by atoms with van der Waals surface area (Å²) in [5.74, 6) is 1.13. The van der Waals surface area contributed by atoms with E-state index in [1.165, 1.54) is 25.7 Å². The third-order valence-corrected chi connectivity index (χ3v) is 3.17. The molecule has 0 heterocycles. The van der Waals surface area contributed by atoms with Gasteiger partial charge >= 0.3 is 0 Å². The topological polar surface area (TPSA) is 26.3 Å². The number of hydrogen-bond acceptors (Lipinski definition) is 2. The lowest BCUT2D eigenvalue weighted by molar-refractivity contribution is -0.117. The van der Waals surface area contributed by atoms with Crippen molar-refractivity contribution in [1.82, 2.24) is 0 Å². The van der Waals surface area contributed by atoms with Gasteiger partial charge in [0.2, 0.25) is 0 Å². The van der Waals surface area contributed by atoms with Crippen molar-refractivity contribution in [2.75, 3.05) is 6.61 Å². The molecule has 1 saturated carbocycles. The highest BCUT2D eigenvalue weighted by Crippen LogP contribution is 2.25. The summed E-state index contributed by atoms with van der Waals surface area (Å²) in [5, 5.41) is 0. The summed E-state index contributed by atoms with van der Waals surface area (Å²) in [6.45, 7) is 4.81. The van der Waals surface area contributed by atoms with Gasteiger partial charge in [0, 0.05) is 13.0 Å². The van der Waals surface area contributed by atoms with Crippen LogP contribution in [-0.2, 0) is 9.53 Å². The number of ether oxygens (including phenoxy) is 1. The van der Waals surface area contributed by atoms with E-state index in [2.05, 4.69) is 6.92 Å². The number of Topliss-reactive ketones (excluding diaryl/α,β-unsaturated/α-hetero) is 1. The summed E-state index contributed by atoms with van der Waals surface area (Å²) in [6.07, 6.45) is 8.37. The van der Waals surface area contributed by atoms with E-state index in [0.29, 0.717) is 18.3 Å². The summed E-state index contributed by atoms with van der Waals surface area (Å²) in [5.41, 5.74) is 0. The number of unbranched alkanes of at least 4 members (excludes halogenated alkanes) is 1. The van der Waals surface area contributed by atoms with Crippen molar-refractivity contribution >= 4 is 5.78 Å². The van der Waals surface area contributed by atoms with E-state index in [-0.39, 0.29) is 0 Å². The molecule has 2 heteroatoms. The highest BCUT2D eigenvalue weighted by atomic mass is 16.5. The van der Waals surface area contributed by atoms with E-state index in [1.54, 1.807) is 6.92 Å². The first-order valence-corrected chi connectivity index (χ1v) is 6.29. The lowest BCUT2D eigenvalue weighted by Gasteiger charge is -2.26. The highest BCUT2D eigenvalue weighted by molar-refractivity contribution is 5.75. The van der Waals surface area contributed by atoms with Crippen LogP contribution in [0.3, 0.4) is 0 Å². The Morgan fingerprint density at radius 2 is 2.13 bits per heavy atom. The molecule has 0 spiro atoms. The van der Waals surface area contributed by atoms with Gasteiger partial charge in [-0.05, 0) is 38.5 Å². The molecule has 1 fully saturated rings. The van der Waals surface area contributed by atoms with Gasteiger partial charge in [0.1, 0.15) is 5.78 Å². The predicted octanol–water partition coefficient (Wildman–Crippen LogP) is 3.34. The van der Waals surface area contributed by atoms with Gasteiger partial charge in [-0.15, -0.1) is 0 Å². The van der Waals surface area contributed by atoms with Crippen molar-refractivity contribution < 1.29 is 9.53 Å². The van der Waals surface area contributed by atoms with Gasteiger partial charge in [-0.1, -0.05) is 19.8 Å². The summed E-state index contributed by atoms with van der Waals surface area (Å²) < 4.78 is 5.82. The summed E-state index contributed by atoms with van der Waals surface area (Å²) >= 11 is 0. The Hall–Kier alpha value is -0.370. The number of carbonyl (C=O) groups is 1. The van der Waals surface area contributed by atoms with Crippen LogP contribution >= 0.6 is 0 Å². The van der Waals surface area contributed by atoms with Gasteiger partial charge in [0.05, 0.1) is 6.10 Å². The standard InChI is InChI=1S/C13H24O2/c1-11-6-5-8-13(10-11)15-9-4-3-7-12(2)14/h11,13H,3-10H2,1-2H3. The molecule has 2 unspecified atom stereocenters. The molecule has 0 amide bonds. The third kappa shape index (κ3) is 5.93. The highest BCUT2D eigenvalue weighted by Gasteiger charge is 2.18. The van der Waals surface area contributed by atoms with E-state index in [0.717, 1.165) is 25.4 Å². The molecule has 0 N–H and O–H groups in total. The van der Waals surface area contributed by atoms with Crippen molar-refractivity contribution in [3.63, 3.8) is 0 Å². The fraction of sp³-hybridized carbons (Fsp3) is 0.923. The van der Waals surface area contributed by atoms with Crippen LogP contribution in [-0.4, -0.2) is 18.5 Å². The van der Waals surface area contributed by atoms with Crippen molar-refractivity contribution in [3.8, 4) is 0 Å². The van der Waals surface area contributed by atoms with E-state index >= 15 is 0 Å². The largest absolute Gasteiger partial charge is 0.378 e. The van der Waals surface area contributed by atoms with Crippen molar-refractivity contribution in [1.29, 1.82) is 0 Å². The molecule has 0 saturated heterocycles. The molecule has 1 aliphatic rings. The Balaban J connectivity index is 1.97. The summed E-state index contributed by atoms with van der Waals surface area (Å²) in [7, 11) is 0. The molecule has 0 bridgehead atoms. The lowest BCUT2D eigenvalue weighted by atomic mass is 9.89. The van der Waals surface area contributed by atoms with Gasteiger partial charge in [-0.2, -0.15) is 0 Å². The molecule has 0 aromatic heterocycles. The van der Waals surface area contributed by atoms with Gasteiger partial charge in [0.25, 0.3) is 0 Å². The molecule has 2 nitrogen and oxygen atoms in total. The maximum Gasteiger partial charge on any atom is 0.129 e. The van der Waals surface area contributed by atoms with E-state index < -0.39 is 0 Å². The first-order chi connectivity index (χ1) is 7.18. The maximum atomic E-state index is 10.7. The molecular weight excluding hydrogens is 188 g/mol. The predicted molar refractivity (Wildman–Crippen MR) is 61.9 cm³/mol. The van der Waals surface area contributed by atoms with E-state index in [4.69, 9.17) is 4.74 Å². The Morgan fingerprint density at radius 1 is 1.33 bits per heavy atom. The van der Waals surface area contributed by atoms with Crippen molar-refractivity contribution in [2.45, 2.75) is 64.9 Å². The number of ketones is 1. The molecular formula is C13H24O2. The molecule has 2 atom stereocenters. The zero-order valence-corrected chi connectivity index (χ0v) is 10.1. The Bertz CT molecular complexity index is 189. The summed E-state index contributed by atoms with van der Waals surface area (Å²) in [4.78, 5) is 10.7. The monoisotopic (exact) mass is 212 g/mol.